The van der Waals surface area contributed by atoms with E-state index in [1.807, 2.05) is 6.07 Å². The van der Waals surface area contributed by atoms with Crippen molar-refractivity contribution in [2.75, 3.05) is 48.7 Å². The first-order chi connectivity index (χ1) is 11.2. The van der Waals surface area contributed by atoms with Crippen molar-refractivity contribution in [3.05, 3.63) is 29.8 Å². The van der Waals surface area contributed by atoms with Gasteiger partial charge in [-0.2, -0.15) is 0 Å². The smallest absolute Gasteiger partial charge is 0.159 e. The highest BCUT2D eigenvalue weighted by Gasteiger charge is 2.20. The van der Waals surface area contributed by atoms with Crippen molar-refractivity contribution in [3.63, 3.8) is 0 Å². The van der Waals surface area contributed by atoms with Gasteiger partial charge in [-0.05, 0) is 18.7 Å². The van der Waals surface area contributed by atoms with Crippen molar-refractivity contribution in [3.8, 4) is 0 Å². The fraction of sp³-hybridized carbons (Fsp3) is 0.400. The van der Waals surface area contributed by atoms with E-state index in [9.17, 15) is 0 Å². The summed E-state index contributed by atoms with van der Waals surface area (Å²) in [5.41, 5.74) is 7.47. The van der Waals surface area contributed by atoms with Gasteiger partial charge in [0.2, 0.25) is 0 Å². The minimum absolute atomic E-state index is 0.378. The number of anilines is 4. The van der Waals surface area contributed by atoms with E-state index in [2.05, 4.69) is 37.0 Å². The number of halogens is 1. The number of nitrogens with two attached hydrogens (primary N) is 1. The van der Waals surface area contributed by atoms with Crippen LogP contribution in [0.3, 0.4) is 0 Å². The van der Waals surface area contributed by atoms with Gasteiger partial charge in [0, 0.05) is 32.4 Å². The molecule has 0 aromatic carbocycles. The second kappa shape index (κ2) is 6.97. The van der Waals surface area contributed by atoms with Crippen LogP contribution in [0.15, 0.2) is 24.7 Å². The number of piperazine rings is 1. The summed E-state index contributed by atoms with van der Waals surface area (Å²) in [4.78, 5) is 17.2. The molecule has 0 atom stereocenters. The van der Waals surface area contributed by atoms with E-state index in [4.69, 9.17) is 17.3 Å². The standard InChI is InChI=1S/C15H20ClN7/c1-2-22-6-8-23(9-7-22)15-12(17)14(19-10-20-15)21-11-4-3-5-18-13(11)16/h3-5,10H,2,6-9,17H2,1H3,(H,19,20,21). The van der Waals surface area contributed by atoms with E-state index < -0.39 is 0 Å². The number of nitrogens with one attached hydrogen (secondary N) is 1. The molecule has 3 N–H and O–H groups in total. The van der Waals surface area contributed by atoms with Crippen LogP contribution in [0.5, 0.6) is 0 Å². The SMILES string of the molecule is CCN1CCN(c2ncnc(Nc3cccnc3Cl)c2N)CC1. The summed E-state index contributed by atoms with van der Waals surface area (Å²) in [6, 6.07) is 3.63. The average Bonchev–Trinajstić information content (AvgIpc) is 2.59. The van der Waals surface area contributed by atoms with Gasteiger partial charge in [0.15, 0.2) is 16.8 Å². The Morgan fingerprint density at radius 1 is 1.22 bits per heavy atom. The van der Waals surface area contributed by atoms with Crippen LogP contribution in [0, 0.1) is 0 Å². The van der Waals surface area contributed by atoms with E-state index in [0.29, 0.717) is 22.3 Å². The summed E-state index contributed by atoms with van der Waals surface area (Å²) in [5.74, 6) is 1.31. The Balaban J connectivity index is 1.80. The van der Waals surface area contributed by atoms with Gasteiger partial charge in [0.25, 0.3) is 0 Å². The molecule has 0 radical (unpaired) electrons. The lowest BCUT2D eigenvalue weighted by atomic mass is 10.3. The van der Waals surface area contributed by atoms with Crippen LogP contribution in [0.25, 0.3) is 0 Å². The van der Waals surface area contributed by atoms with Gasteiger partial charge in [0.05, 0.1) is 5.69 Å². The van der Waals surface area contributed by atoms with Crippen molar-refractivity contribution in [1.29, 1.82) is 0 Å². The minimum Gasteiger partial charge on any atom is -0.393 e. The fourth-order valence-electron chi connectivity index (χ4n) is 2.62. The number of nitrogen functional groups attached to an aromatic ring is 1. The quantitative estimate of drug-likeness (QED) is 0.828. The van der Waals surface area contributed by atoms with Crippen LogP contribution in [-0.4, -0.2) is 52.6 Å². The van der Waals surface area contributed by atoms with Gasteiger partial charge < -0.3 is 20.9 Å². The molecule has 0 spiro atoms. The number of pyridine rings is 1. The Labute approximate surface area is 140 Å². The molecule has 3 heterocycles. The molecule has 23 heavy (non-hydrogen) atoms. The van der Waals surface area contributed by atoms with E-state index in [1.54, 1.807) is 12.3 Å². The highest BCUT2D eigenvalue weighted by Crippen LogP contribution is 2.30. The van der Waals surface area contributed by atoms with Gasteiger partial charge in [-0.25, -0.2) is 15.0 Å². The lowest BCUT2D eigenvalue weighted by Gasteiger charge is -2.35. The second-order valence-electron chi connectivity index (χ2n) is 5.35. The molecule has 122 valence electrons. The molecule has 0 amide bonds. The van der Waals surface area contributed by atoms with Crippen LogP contribution in [-0.2, 0) is 0 Å². The number of likely N-dealkylation sites (N-methyl/N-ethyl adjacent to an activating group) is 1. The fourth-order valence-corrected chi connectivity index (χ4v) is 2.79. The van der Waals surface area contributed by atoms with Gasteiger partial charge >= 0.3 is 0 Å². The number of aromatic nitrogens is 3. The number of nitrogens with zero attached hydrogens (tertiary/aromatic N) is 5. The maximum atomic E-state index is 6.27. The summed E-state index contributed by atoms with van der Waals surface area (Å²) in [5, 5.41) is 3.51. The summed E-state index contributed by atoms with van der Waals surface area (Å²) in [6.07, 6.45) is 3.15. The van der Waals surface area contributed by atoms with E-state index in [0.717, 1.165) is 38.5 Å². The summed E-state index contributed by atoms with van der Waals surface area (Å²) >= 11 is 6.07. The zero-order valence-electron chi connectivity index (χ0n) is 13.0. The molecular formula is C15H20ClN7. The van der Waals surface area contributed by atoms with Crippen molar-refractivity contribution in [2.24, 2.45) is 0 Å². The third-order valence-electron chi connectivity index (χ3n) is 3.99. The van der Waals surface area contributed by atoms with Crippen molar-refractivity contribution < 1.29 is 0 Å². The molecule has 3 rings (SSSR count). The van der Waals surface area contributed by atoms with Crippen LogP contribution < -0.4 is 16.0 Å². The lowest BCUT2D eigenvalue weighted by molar-refractivity contribution is 0.270. The first-order valence-electron chi connectivity index (χ1n) is 7.64. The van der Waals surface area contributed by atoms with E-state index >= 15 is 0 Å². The lowest BCUT2D eigenvalue weighted by Crippen LogP contribution is -2.46. The Bertz CT molecular complexity index is 671. The van der Waals surface area contributed by atoms with Gasteiger partial charge in [-0.3, -0.25) is 0 Å². The molecule has 2 aromatic rings. The van der Waals surface area contributed by atoms with Crippen molar-refractivity contribution in [2.45, 2.75) is 6.92 Å². The van der Waals surface area contributed by atoms with E-state index in [-0.39, 0.29) is 0 Å². The first-order valence-corrected chi connectivity index (χ1v) is 8.02. The summed E-state index contributed by atoms with van der Waals surface area (Å²) in [6.45, 7) is 7.08. The maximum absolute atomic E-state index is 6.27. The number of hydrogen-bond acceptors (Lipinski definition) is 7. The number of hydrogen-bond donors (Lipinski definition) is 2. The Morgan fingerprint density at radius 2 is 2.00 bits per heavy atom. The zero-order chi connectivity index (χ0) is 16.2. The summed E-state index contributed by atoms with van der Waals surface area (Å²) in [7, 11) is 0. The monoisotopic (exact) mass is 333 g/mol. The molecule has 0 aliphatic carbocycles. The van der Waals surface area contributed by atoms with Crippen LogP contribution >= 0.6 is 11.6 Å². The maximum Gasteiger partial charge on any atom is 0.159 e. The molecule has 1 aliphatic heterocycles. The average molecular weight is 334 g/mol. The van der Waals surface area contributed by atoms with Gasteiger partial charge in [0.1, 0.15) is 12.0 Å². The molecule has 1 aliphatic rings. The van der Waals surface area contributed by atoms with Gasteiger partial charge in [-0.1, -0.05) is 18.5 Å². The molecule has 8 heteroatoms. The largest absolute Gasteiger partial charge is 0.393 e. The third-order valence-corrected chi connectivity index (χ3v) is 4.30. The molecule has 7 nitrogen and oxygen atoms in total. The molecular weight excluding hydrogens is 314 g/mol. The van der Waals surface area contributed by atoms with Crippen LogP contribution in [0.2, 0.25) is 5.15 Å². The molecule has 0 bridgehead atoms. The molecule has 2 aromatic heterocycles. The van der Waals surface area contributed by atoms with Crippen molar-refractivity contribution >= 4 is 34.6 Å². The Kier molecular flexibility index (Phi) is 4.78. The summed E-state index contributed by atoms with van der Waals surface area (Å²) < 4.78 is 0. The Morgan fingerprint density at radius 3 is 2.70 bits per heavy atom. The molecule has 0 saturated carbocycles. The molecule has 0 unspecified atom stereocenters. The van der Waals surface area contributed by atoms with Gasteiger partial charge in [-0.15, -0.1) is 0 Å². The minimum atomic E-state index is 0.378. The normalized spacial score (nSPS) is 15.7. The first kappa shape index (κ1) is 15.8. The topological polar surface area (TPSA) is 83.2 Å². The number of rotatable bonds is 4. The van der Waals surface area contributed by atoms with E-state index in [1.165, 1.54) is 6.33 Å². The molecule has 1 saturated heterocycles. The van der Waals surface area contributed by atoms with Crippen LogP contribution in [0.4, 0.5) is 23.0 Å². The second-order valence-corrected chi connectivity index (χ2v) is 5.71. The van der Waals surface area contributed by atoms with Crippen LogP contribution in [0.1, 0.15) is 6.92 Å². The van der Waals surface area contributed by atoms with Crippen molar-refractivity contribution in [1.82, 2.24) is 19.9 Å². The molecule has 1 fully saturated rings. The third kappa shape index (κ3) is 3.46. The zero-order valence-corrected chi connectivity index (χ0v) is 13.8. The highest BCUT2D eigenvalue weighted by molar-refractivity contribution is 6.32. The Hall–Kier alpha value is -2.12. The highest BCUT2D eigenvalue weighted by atomic mass is 35.5. The predicted molar refractivity (Wildman–Crippen MR) is 93.3 cm³/mol. The predicted octanol–water partition coefficient (Wildman–Crippen LogP) is 1.99.